The Kier molecular flexibility index (Phi) is 2.39. The van der Waals surface area contributed by atoms with Crippen molar-refractivity contribution in [1.82, 2.24) is 4.98 Å². The lowest BCUT2D eigenvalue weighted by Crippen LogP contribution is -2.22. The maximum Gasteiger partial charge on any atom is 0.128 e. The summed E-state index contributed by atoms with van der Waals surface area (Å²) in [4.78, 5) is 6.09. The van der Waals surface area contributed by atoms with Gasteiger partial charge in [0.05, 0.1) is 12.2 Å². The molecule has 2 rings (SSSR count). The second-order valence-electron chi connectivity index (χ2n) is 3.73. The zero-order chi connectivity index (χ0) is 10.1. The fourth-order valence-corrected chi connectivity index (χ4v) is 1.65. The third-order valence-electron chi connectivity index (χ3n) is 2.48. The lowest BCUT2D eigenvalue weighted by Gasteiger charge is -2.16. The summed E-state index contributed by atoms with van der Waals surface area (Å²) in [6.07, 6.45) is 0.427. The smallest absolute Gasteiger partial charge is 0.128 e. The van der Waals surface area contributed by atoms with Crippen LogP contribution in [0.1, 0.15) is 5.56 Å². The van der Waals surface area contributed by atoms with Gasteiger partial charge >= 0.3 is 0 Å². The van der Waals surface area contributed by atoms with Gasteiger partial charge in [-0.1, -0.05) is 0 Å². The SMILES string of the molecule is Cc1ccnc(N2CC(O)C(O)C2)c1. The molecule has 2 unspecified atom stereocenters. The van der Waals surface area contributed by atoms with Crippen LogP contribution in [-0.2, 0) is 0 Å². The first-order valence-corrected chi connectivity index (χ1v) is 4.70. The molecule has 1 saturated heterocycles. The van der Waals surface area contributed by atoms with Crippen LogP contribution in [-0.4, -0.2) is 40.5 Å². The number of β-amino-alcohol motifs (C(OH)–C–C–N with tert-alkyl or cyclic N) is 2. The van der Waals surface area contributed by atoms with Crippen LogP contribution in [0.4, 0.5) is 5.82 Å². The molecule has 0 spiro atoms. The molecule has 2 N–H and O–H groups in total. The van der Waals surface area contributed by atoms with Crippen molar-refractivity contribution >= 4 is 5.82 Å². The maximum atomic E-state index is 9.38. The molecule has 4 heteroatoms. The molecule has 76 valence electrons. The molecule has 1 aliphatic rings. The van der Waals surface area contributed by atoms with Gasteiger partial charge in [0.25, 0.3) is 0 Å². The van der Waals surface area contributed by atoms with E-state index in [1.165, 1.54) is 0 Å². The van der Waals surface area contributed by atoms with Crippen molar-refractivity contribution in [3.8, 4) is 0 Å². The van der Waals surface area contributed by atoms with Gasteiger partial charge in [-0.2, -0.15) is 0 Å². The number of aryl methyl sites for hydroxylation is 1. The van der Waals surface area contributed by atoms with Crippen molar-refractivity contribution in [3.05, 3.63) is 23.9 Å². The van der Waals surface area contributed by atoms with Crippen LogP contribution in [0, 0.1) is 6.92 Å². The van der Waals surface area contributed by atoms with Crippen LogP contribution in [0.5, 0.6) is 0 Å². The van der Waals surface area contributed by atoms with Crippen LogP contribution in [0.3, 0.4) is 0 Å². The minimum absolute atomic E-state index is 0.456. The number of rotatable bonds is 1. The van der Waals surface area contributed by atoms with E-state index in [2.05, 4.69) is 4.98 Å². The topological polar surface area (TPSA) is 56.6 Å². The molecule has 14 heavy (non-hydrogen) atoms. The number of nitrogens with zero attached hydrogens (tertiary/aromatic N) is 2. The normalized spacial score (nSPS) is 26.9. The first-order valence-electron chi connectivity index (χ1n) is 4.70. The Bertz CT molecular complexity index is 320. The maximum absolute atomic E-state index is 9.38. The molecule has 0 radical (unpaired) electrons. The lowest BCUT2D eigenvalue weighted by atomic mass is 10.3. The van der Waals surface area contributed by atoms with Crippen LogP contribution < -0.4 is 4.90 Å². The molecule has 0 bridgehead atoms. The Balaban J connectivity index is 2.17. The summed E-state index contributed by atoms with van der Waals surface area (Å²) in [6, 6.07) is 3.87. The molecule has 2 heterocycles. The number of hydrogen-bond donors (Lipinski definition) is 2. The number of aromatic nitrogens is 1. The third-order valence-corrected chi connectivity index (χ3v) is 2.48. The number of aliphatic hydroxyl groups is 2. The highest BCUT2D eigenvalue weighted by molar-refractivity contribution is 5.42. The summed E-state index contributed by atoms with van der Waals surface area (Å²) in [6.45, 7) is 2.91. The van der Waals surface area contributed by atoms with Gasteiger partial charge in [-0.15, -0.1) is 0 Å². The average Bonchev–Trinajstić information content (AvgIpc) is 2.47. The molecular formula is C10H14N2O2. The Morgan fingerprint density at radius 2 is 2.00 bits per heavy atom. The summed E-state index contributed by atoms with van der Waals surface area (Å²) in [5, 5.41) is 18.8. The minimum Gasteiger partial charge on any atom is -0.389 e. The van der Waals surface area contributed by atoms with Crippen molar-refractivity contribution in [2.24, 2.45) is 0 Å². The molecular weight excluding hydrogens is 180 g/mol. The van der Waals surface area contributed by atoms with E-state index in [4.69, 9.17) is 0 Å². The Labute approximate surface area is 82.8 Å². The largest absolute Gasteiger partial charge is 0.389 e. The van der Waals surface area contributed by atoms with Crippen molar-refractivity contribution in [3.63, 3.8) is 0 Å². The van der Waals surface area contributed by atoms with E-state index in [0.717, 1.165) is 11.4 Å². The van der Waals surface area contributed by atoms with Gasteiger partial charge in [0.1, 0.15) is 5.82 Å². The van der Waals surface area contributed by atoms with Gasteiger partial charge in [0.2, 0.25) is 0 Å². The van der Waals surface area contributed by atoms with Crippen molar-refractivity contribution in [2.45, 2.75) is 19.1 Å². The molecule has 1 aromatic rings. The van der Waals surface area contributed by atoms with E-state index in [-0.39, 0.29) is 0 Å². The lowest BCUT2D eigenvalue weighted by molar-refractivity contribution is 0.0572. The van der Waals surface area contributed by atoms with Crippen molar-refractivity contribution in [1.29, 1.82) is 0 Å². The quantitative estimate of drug-likeness (QED) is 0.657. The Morgan fingerprint density at radius 3 is 2.57 bits per heavy atom. The van der Waals surface area contributed by atoms with E-state index >= 15 is 0 Å². The molecule has 0 amide bonds. The first kappa shape index (κ1) is 9.43. The molecule has 1 aromatic heterocycles. The second kappa shape index (κ2) is 3.55. The number of pyridine rings is 1. The van der Waals surface area contributed by atoms with Gasteiger partial charge in [-0.25, -0.2) is 4.98 Å². The number of hydrogen-bond acceptors (Lipinski definition) is 4. The van der Waals surface area contributed by atoms with E-state index in [0.29, 0.717) is 13.1 Å². The summed E-state index contributed by atoms with van der Waals surface area (Å²) in [5.74, 6) is 0.820. The summed E-state index contributed by atoms with van der Waals surface area (Å²) in [7, 11) is 0. The van der Waals surface area contributed by atoms with Crippen LogP contribution in [0.2, 0.25) is 0 Å². The standard InChI is InChI=1S/C10H14N2O2/c1-7-2-3-11-10(4-7)12-5-8(13)9(14)6-12/h2-4,8-9,13-14H,5-6H2,1H3. The Hall–Kier alpha value is -1.13. The van der Waals surface area contributed by atoms with Crippen molar-refractivity contribution < 1.29 is 10.2 Å². The zero-order valence-corrected chi connectivity index (χ0v) is 8.09. The summed E-state index contributed by atoms with van der Waals surface area (Å²) in [5.41, 5.74) is 1.13. The van der Waals surface area contributed by atoms with Gasteiger partial charge in [0, 0.05) is 19.3 Å². The third kappa shape index (κ3) is 1.71. The molecule has 1 fully saturated rings. The van der Waals surface area contributed by atoms with Crippen LogP contribution >= 0.6 is 0 Å². The minimum atomic E-state index is -0.655. The predicted molar refractivity (Wildman–Crippen MR) is 53.2 cm³/mol. The molecule has 0 aliphatic carbocycles. The fourth-order valence-electron chi connectivity index (χ4n) is 1.65. The second-order valence-corrected chi connectivity index (χ2v) is 3.73. The highest BCUT2D eigenvalue weighted by Gasteiger charge is 2.30. The molecule has 1 aliphatic heterocycles. The number of aliphatic hydroxyl groups excluding tert-OH is 2. The zero-order valence-electron chi connectivity index (χ0n) is 8.09. The van der Waals surface area contributed by atoms with E-state index in [1.54, 1.807) is 6.20 Å². The van der Waals surface area contributed by atoms with Gasteiger partial charge < -0.3 is 15.1 Å². The van der Waals surface area contributed by atoms with Crippen LogP contribution in [0.25, 0.3) is 0 Å². The van der Waals surface area contributed by atoms with E-state index < -0.39 is 12.2 Å². The molecule has 2 atom stereocenters. The highest BCUT2D eigenvalue weighted by Crippen LogP contribution is 2.18. The van der Waals surface area contributed by atoms with Crippen molar-refractivity contribution in [2.75, 3.05) is 18.0 Å². The summed E-state index contributed by atoms with van der Waals surface area (Å²) < 4.78 is 0. The van der Waals surface area contributed by atoms with E-state index in [1.807, 2.05) is 24.0 Å². The van der Waals surface area contributed by atoms with Crippen LogP contribution in [0.15, 0.2) is 18.3 Å². The van der Waals surface area contributed by atoms with Gasteiger partial charge in [-0.05, 0) is 24.6 Å². The molecule has 0 aromatic carbocycles. The predicted octanol–water partition coefficient (Wildman–Crippen LogP) is -0.0682. The fraction of sp³-hybridized carbons (Fsp3) is 0.500. The Morgan fingerprint density at radius 1 is 1.36 bits per heavy atom. The highest BCUT2D eigenvalue weighted by atomic mass is 16.3. The molecule has 4 nitrogen and oxygen atoms in total. The van der Waals surface area contributed by atoms with Gasteiger partial charge in [-0.3, -0.25) is 0 Å². The van der Waals surface area contributed by atoms with E-state index in [9.17, 15) is 10.2 Å². The monoisotopic (exact) mass is 194 g/mol. The van der Waals surface area contributed by atoms with Gasteiger partial charge in [0.15, 0.2) is 0 Å². The number of anilines is 1. The average molecular weight is 194 g/mol. The summed E-state index contributed by atoms with van der Waals surface area (Å²) >= 11 is 0. The first-order chi connectivity index (χ1) is 6.66. The molecule has 0 saturated carbocycles.